The molecule has 46 heavy (non-hydrogen) atoms. The van der Waals surface area contributed by atoms with Crippen LogP contribution in [0.4, 0.5) is 38.2 Å². The lowest BCUT2D eigenvalue weighted by Crippen LogP contribution is -2.43. The normalized spacial score (nSPS) is 16.8. The summed E-state index contributed by atoms with van der Waals surface area (Å²) >= 11 is 0. The molecule has 2 saturated heterocycles. The number of aromatic nitrogens is 4. The van der Waals surface area contributed by atoms with Gasteiger partial charge in [-0.15, -0.1) is 0 Å². The SMILES string of the molecule is O=C(Nc1ccc(-c2cc(N3C[C@H]4CC[C@@H](C3)O4)nc(-c3ccc(NC(=O)Nc4cccnc4)cc3)n2)cc1)Nc1cccnc1. The Kier molecular flexibility index (Phi) is 8.16. The molecule has 230 valence electrons. The van der Waals surface area contributed by atoms with Crippen molar-refractivity contribution in [1.82, 2.24) is 19.9 Å². The Hall–Kier alpha value is -5.88. The van der Waals surface area contributed by atoms with Crippen molar-refractivity contribution in [3.05, 3.63) is 104 Å². The maximum Gasteiger partial charge on any atom is 0.323 e. The number of urea groups is 2. The predicted molar refractivity (Wildman–Crippen MR) is 177 cm³/mol. The quantitative estimate of drug-likeness (QED) is 0.168. The van der Waals surface area contributed by atoms with Crippen LogP contribution in [0.25, 0.3) is 22.6 Å². The zero-order valence-electron chi connectivity index (χ0n) is 24.8. The summed E-state index contributed by atoms with van der Waals surface area (Å²) in [6.07, 6.45) is 8.96. The number of morpholine rings is 1. The van der Waals surface area contributed by atoms with Crippen LogP contribution >= 0.6 is 0 Å². The molecule has 0 aliphatic carbocycles. The van der Waals surface area contributed by atoms with Crippen LogP contribution in [0.1, 0.15) is 12.8 Å². The number of hydrogen-bond donors (Lipinski definition) is 4. The van der Waals surface area contributed by atoms with Gasteiger partial charge in [-0.05, 0) is 73.5 Å². The van der Waals surface area contributed by atoms with E-state index in [1.54, 1.807) is 49.1 Å². The second-order valence-electron chi connectivity index (χ2n) is 11.1. The summed E-state index contributed by atoms with van der Waals surface area (Å²) in [6.45, 7) is 1.55. The highest BCUT2D eigenvalue weighted by Crippen LogP contribution is 2.32. The molecule has 0 saturated carbocycles. The molecule has 4 amide bonds. The van der Waals surface area contributed by atoms with Gasteiger partial charge in [-0.3, -0.25) is 9.97 Å². The topological polar surface area (TPSA) is 146 Å². The Morgan fingerprint density at radius 2 is 1.17 bits per heavy atom. The molecule has 5 aromatic rings. The van der Waals surface area contributed by atoms with Crippen LogP contribution in [0.3, 0.4) is 0 Å². The Bertz CT molecular complexity index is 1690. The molecule has 0 spiro atoms. The summed E-state index contributed by atoms with van der Waals surface area (Å²) in [7, 11) is 0. The van der Waals surface area contributed by atoms with E-state index in [2.05, 4.69) is 36.1 Å². The molecule has 12 heteroatoms. The largest absolute Gasteiger partial charge is 0.371 e. The van der Waals surface area contributed by atoms with Gasteiger partial charge >= 0.3 is 12.1 Å². The first-order valence-electron chi connectivity index (χ1n) is 15.0. The number of carbonyl (C=O) groups excluding carboxylic acids is 2. The molecular formula is C34H31N9O3. The molecule has 2 aliphatic rings. The van der Waals surface area contributed by atoms with Crippen molar-refractivity contribution in [2.24, 2.45) is 0 Å². The number of ether oxygens (including phenoxy) is 1. The molecule has 3 aromatic heterocycles. The number of hydrogen-bond acceptors (Lipinski definition) is 8. The summed E-state index contributed by atoms with van der Waals surface area (Å²) in [5, 5.41) is 11.2. The number of anilines is 5. The number of pyridine rings is 2. The van der Waals surface area contributed by atoms with E-state index in [0.717, 1.165) is 48.6 Å². The van der Waals surface area contributed by atoms with Crippen LogP contribution in [0.5, 0.6) is 0 Å². The molecule has 2 fully saturated rings. The lowest BCUT2D eigenvalue weighted by molar-refractivity contribution is 0.0302. The summed E-state index contributed by atoms with van der Waals surface area (Å²) < 4.78 is 6.07. The monoisotopic (exact) mass is 613 g/mol. The molecule has 0 unspecified atom stereocenters. The zero-order chi connectivity index (χ0) is 31.3. The van der Waals surface area contributed by atoms with Crippen molar-refractivity contribution in [2.75, 3.05) is 39.3 Å². The number of benzene rings is 2. The van der Waals surface area contributed by atoms with E-state index < -0.39 is 0 Å². The van der Waals surface area contributed by atoms with E-state index in [-0.39, 0.29) is 24.3 Å². The van der Waals surface area contributed by atoms with Gasteiger partial charge in [0.1, 0.15) is 5.82 Å². The fourth-order valence-electron chi connectivity index (χ4n) is 5.56. The van der Waals surface area contributed by atoms with Crippen molar-refractivity contribution in [3.8, 4) is 22.6 Å². The van der Waals surface area contributed by atoms with Gasteiger partial charge in [0.25, 0.3) is 0 Å². The molecule has 4 N–H and O–H groups in total. The number of nitrogens with zero attached hydrogens (tertiary/aromatic N) is 5. The van der Waals surface area contributed by atoms with Gasteiger partial charge in [-0.1, -0.05) is 12.1 Å². The minimum absolute atomic E-state index is 0.201. The van der Waals surface area contributed by atoms with Crippen molar-refractivity contribution in [2.45, 2.75) is 25.0 Å². The molecule has 2 aliphatic heterocycles. The number of fused-ring (bicyclic) bond motifs is 2. The minimum atomic E-state index is -0.365. The van der Waals surface area contributed by atoms with Gasteiger partial charge in [0.05, 0.1) is 41.7 Å². The average molecular weight is 614 g/mol. The van der Waals surface area contributed by atoms with Gasteiger partial charge in [-0.2, -0.15) is 0 Å². The smallest absolute Gasteiger partial charge is 0.323 e. The Balaban J connectivity index is 1.11. The van der Waals surface area contributed by atoms with Crippen LogP contribution in [0.15, 0.2) is 104 Å². The highest BCUT2D eigenvalue weighted by Gasteiger charge is 2.34. The van der Waals surface area contributed by atoms with E-state index in [4.69, 9.17) is 14.7 Å². The third-order valence-electron chi connectivity index (χ3n) is 7.76. The van der Waals surface area contributed by atoms with Crippen LogP contribution < -0.4 is 26.2 Å². The highest BCUT2D eigenvalue weighted by atomic mass is 16.5. The molecule has 2 bridgehead atoms. The predicted octanol–water partition coefficient (Wildman–Crippen LogP) is 6.26. The van der Waals surface area contributed by atoms with Gasteiger partial charge in [-0.25, -0.2) is 19.6 Å². The Morgan fingerprint density at radius 1 is 0.652 bits per heavy atom. The number of amides is 4. The van der Waals surface area contributed by atoms with Gasteiger partial charge in [0.15, 0.2) is 5.82 Å². The standard InChI is InChI=1S/C34H31N9O3/c44-33(39-26-3-1-15-35-18-26)37-24-9-5-22(6-10-24)30-17-31(43-20-28-13-14-29(21-43)46-28)42-32(41-30)23-7-11-25(12-8-23)38-34(45)40-27-4-2-16-36-19-27/h1-12,15-19,28-29H,13-14,20-21H2,(H2,37,39,44)(H2,38,40,45)/t28-,29+. The van der Waals surface area contributed by atoms with E-state index in [9.17, 15) is 9.59 Å². The van der Waals surface area contributed by atoms with E-state index in [1.807, 2.05) is 54.6 Å². The van der Waals surface area contributed by atoms with Crippen molar-refractivity contribution in [3.63, 3.8) is 0 Å². The van der Waals surface area contributed by atoms with E-state index >= 15 is 0 Å². The summed E-state index contributed by atoms with van der Waals surface area (Å²) in [5.74, 6) is 1.40. The van der Waals surface area contributed by atoms with Crippen LogP contribution in [0, 0.1) is 0 Å². The zero-order valence-corrected chi connectivity index (χ0v) is 24.8. The third-order valence-corrected chi connectivity index (χ3v) is 7.76. The number of rotatable bonds is 7. The molecule has 2 aromatic carbocycles. The maximum absolute atomic E-state index is 12.5. The van der Waals surface area contributed by atoms with Crippen molar-refractivity contribution >= 4 is 40.6 Å². The van der Waals surface area contributed by atoms with E-state index in [0.29, 0.717) is 28.6 Å². The molecule has 2 atom stereocenters. The lowest BCUT2D eigenvalue weighted by Gasteiger charge is -2.33. The third kappa shape index (κ3) is 6.92. The van der Waals surface area contributed by atoms with Crippen molar-refractivity contribution in [1.29, 1.82) is 0 Å². The van der Waals surface area contributed by atoms with Gasteiger partial charge < -0.3 is 30.9 Å². The maximum atomic E-state index is 12.5. The molecular weight excluding hydrogens is 582 g/mol. The summed E-state index contributed by atoms with van der Waals surface area (Å²) in [6, 6.07) is 23.3. The first-order valence-corrected chi connectivity index (χ1v) is 15.0. The summed E-state index contributed by atoms with van der Waals surface area (Å²) in [4.78, 5) is 45.1. The number of nitrogens with one attached hydrogen (secondary N) is 4. The first-order chi connectivity index (χ1) is 22.5. The van der Waals surface area contributed by atoms with Crippen LogP contribution in [-0.4, -0.2) is 57.3 Å². The number of carbonyl (C=O) groups is 2. The van der Waals surface area contributed by atoms with Crippen LogP contribution in [-0.2, 0) is 4.74 Å². The molecule has 7 rings (SSSR count). The Morgan fingerprint density at radius 3 is 1.70 bits per heavy atom. The lowest BCUT2D eigenvalue weighted by atomic mass is 10.1. The van der Waals surface area contributed by atoms with Gasteiger partial charge in [0, 0.05) is 54.1 Å². The fourth-order valence-corrected chi connectivity index (χ4v) is 5.56. The first kappa shape index (κ1) is 28.9. The van der Waals surface area contributed by atoms with Crippen molar-refractivity contribution < 1.29 is 14.3 Å². The fraction of sp³-hybridized carbons (Fsp3) is 0.176. The second-order valence-corrected chi connectivity index (χ2v) is 11.1. The Labute approximate surface area is 265 Å². The summed E-state index contributed by atoms with van der Waals surface area (Å²) in [5.41, 5.74) is 4.91. The second kappa shape index (κ2) is 13.0. The molecule has 12 nitrogen and oxygen atoms in total. The van der Waals surface area contributed by atoms with Gasteiger partial charge in [0.2, 0.25) is 0 Å². The molecule has 0 radical (unpaired) electrons. The average Bonchev–Trinajstić information content (AvgIpc) is 3.42. The van der Waals surface area contributed by atoms with Crippen LogP contribution in [0.2, 0.25) is 0 Å². The highest BCUT2D eigenvalue weighted by molar-refractivity contribution is 6.00. The minimum Gasteiger partial charge on any atom is -0.371 e. The van der Waals surface area contributed by atoms with E-state index in [1.165, 1.54) is 0 Å². The molecule has 5 heterocycles.